The molecule has 0 heterocycles. The van der Waals surface area contributed by atoms with Crippen molar-refractivity contribution in [3.05, 3.63) is 23.3 Å². The third-order valence-corrected chi connectivity index (χ3v) is 10.9. The molecule has 5 rings (SSSR count). The maximum absolute atomic E-state index is 5.72. The van der Waals surface area contributed by atoms with Crippen molar-refractivity contribution < 1.29 is 3.07 Å². The van der Waals surface area contributed by atoms with Gasteiger partial charge >= 0.3 is 0 Å². The van der Waals surface area contributed by atoms with Crippen molar-refractivity contribution in [2.75, 3.05) is 0 Å². The molecule has 0 aliphatic heterocycles. The number of rotatable bonds is 6. The minimum atomic E-state index is 0.451. The molecule has 8 atom stereocenters. The summed E-state index contributed by atoms with van der Waals surface area (Å²) >= 11 is 2.13. The Balaban J connectivity index is 1.36. The number of allylic oxidation sites excluding steroid dienone is 3. The summed E-state index contributed by atoms with van der Waals surface area (Å²) in [5.74, 6) is 5.51. The van der Waals surface area contributed by atoms with E-state index in [1.807, 2.05) is 5.57 Å². The zero-order chi connectivity index (χ0) is 20.4. The van der Waals surface area contributed by atoms with Crippen LogP contribution in [-0.2, 0) is 3.07 Å². The van der Waals surface area contributed by atoms with Gasteiger partial charge in [0.05, 0.1) is 6.10 Å². The van der Waals surface area contributed by atoms with E-state index in [1.54, 1.807) is 5.57 Å². The van der Waals surface area contributed by atoms with E-state index in [-0.39, 0.29) is 0 Å². The zero-order valence-corrected chi connectivity index (χ0v) is 21.2. The molecule has 29 heavy (non-hydrogen) atoms. The molecule has 1 spiro atoms. The van der Waals surface area contributed by atoms with Gasteiger partial charge in [0, 0.05) is 5.41 Å². The van der Waals surface area contributed by atoms with Gasteiger partial charge in [-0.3, -0.25) is 0 Å². The molecule has 0 bridgehead atoms. The van der Waals surface area contributed by atoms with Crippen LogP contribution in [0.3, 0.4) is 0 Å². The highest BCUT2D eigenvalue weighted by Crippen LogP contribution is 2.73. The fraction of sp³-hybridized carbons (Fsp3) is 0.852. The lowest BCUT2D eigenvalue weighted by molar-refractivity contribution is -0.0310. The van der Waals surface area contributed by atoms with Gasteiger partial charge < -0.3 is 3.07 Å². The first-order valence-corrected chi connectivity index (χ1v) is 13.5. The monoisotopic (exact) mass is 508 g/mol. The number of hydrogen-bond acceptors (Lipinski definition) is 1. The molecule has 0 saturated heterocycles. The van der Waals surface area contributed by atoms with Crippen molar-refractivity contribution >= 4 is 23.0 Å². The minimum absolute atomic E-state index is 0.451. The lowest BCUT2D eigenvalue weighted by Gasteiger charge is -2.64. The van der Waals surface area contributed by atoms with Crippen molar-refractivity contribution in [3.63, 3.8) is 0 Å². The highest BCUT2D eigenvalue weighted by molar-refractivity contribution is 14.1. The summed E-state index contributed by atoms with van der Waals surface area (Å²) < 4.78 is 5.72. The summed E-state index contributed by atoms with van der Waals surface area (Å²) in [6.45, 7) is 10.0. The smallest absolute Gasteiger partial charge is 0.110 e. The molecule has 0 aromatic heterocycles. The number of fused-ring (bicyclic) bond motifs is 2. The summed E-state index contributed by atoms with van der Waals surface area (Å²) in [7, 11) is 0. The first-order chi connectivity index (χ1) is 13.9. The van der Waals surface area contributed by atoms with Crippen molar-refractivity contribution in [3.8, 4) is 0 Å². The molecule has 0 amide bonds. The molecule has 3 fully saturated rings. The predicted octanol–water partition coefficient (Wildman–Crippen LogP) is 8.29. The van der Waals surface area contributed by atoms with Crippen LogP contribution in [0.2, 0.25) is 0 Å². The van der Waals surface area contributed by atoms with Gasteiger partial charge in [0.2, 0.25) is 0 Å². The van der Waals surface area contributed by atoms with Crippen LogP contribution in [0.25, 0.3) is 0 Å². The lowest BCUT2D eigenvalue weighted by atomic mass is 9.40. The van der Waals surface area contributed by atoms with E-state index in [2.05, 4.69) is 62.9 Å². The summed E-state index contributed by atoms with van der Waals surface area (Å²) in [6, 6.07) is 0. The van der Waals surface area contributed by atoms with Crippen LogP contribution in [0, 0.1) is 46.3 Å². The van der Waals surface area contributed by atoms with Gasteiger partial charge in [-0.15, -0.1) is 0 Å². The van der Waals surface area contributed by atoms with E-state index in [4.69, 9.17) is 3.07 Å². The summed E-state index contributed by atoms with van der Waals surface area (Å²) in [5, 5.41) is 0. The maximum atomic E-state index is 5.72. The summed E-state index contributed by atoms with van der Waals surface area (Å²) in [5.41, 5.74) is 4.64. The second kappa shape index (κ2) is 7.64. The SMILES string of the molecule is CC(C)CCCC(C)C1CCC2C3CC=C4CC(OI)CCC45C=C(CC12C)C35. The zero-order valence-electron chi connectivity index (χ0n) is 19.1. The summed E-state index contributed by atoms with van der Waals surface area (Å²) in [6.07, 6.45) is 19.8. The number of hydrogen-bond donors (Lipinski definition) is 0. The van der Waals surface area contributed by atoms with Crippen LogP contribution in [0.1, 0.15) is 91.9 Å². The summed E-state index contributed by atoms with van der Waals surface area (Å²) in [4.78, 5) is 0. The first-order valence-electron chi connectivity index (χ1n) is 12.6. The Bertz CT molecular complexity index is 707. The standard InChI is InChI=1S/C27H41IO/c1-17(2)6-5-7-18(3)23-10-11-24-22-9-8-20-14-21(29-28)12-13-27(20)16-19(25(22)27)15-26(23,24)4/h8,16-18,21-25H,5-7,9-15H2,1-4H3. The van der Waals surface area contributed by atoms with Gasteiger partial charge in [0.1, 0.15) is 23.0 Å². The average Bonchev–Trinajstić information content (AvgIpc) is 3.02. The van der Waals surface area contributed by atoms with Crippen LogP contribution < -0.4 is 0 Å². The molecular weight excluding hydrogens is 467 g/mol. The highest BCUT2D eigenvalue weighted by atomic mass is 127. The molecule has 5 aliphatic rings. The quantitative estimate of drug-likeness (QED) is 0.259. The molecule has 5 aliphatic carbocycles. The fourth-order valence-corrected chi connectivity index (χ4v) is 9.46. The maximum Gasteiger partial charge on any atom is 0.110 e. The Kier molecular flexibility index (Phi) is 5.54. The normalized spacial score (nSPS) is 46.2. The Morgan fingerprint density at radius 1 is 1.17 bits per heavy atom. The second-order valence-electron chi connectivity index (χ2n) is 12.1. The van der Waals surface area contributed by atoms with Gasteiger partial charge in [-0.2, -0.15) is 0 Å². The Morgan fingerprint density at radius 3 is 2.76 bits per heavy atom. The molecule has 3 saturated carbocycles. The Labute approximate surface area is 193 Å². The fourth-order valence-electron chi connectivity index (χ4n) is 9.02. The van der Waals surface area contributed by atoms with Crippen molar-refractivity contribution in [1.82, 2.24) is 0 Å². The van der Waals surface area contributed by atoms with E-state index in [0.29, 0.717) is 16.9 Å². The van der Waals surface area contributed by atoms with E-state index < -0.39 is 0 Å². The molecule has 2 heteroatoms. The van der Waals surface area contributed by atoms with E-state index in [9.17, 15) is 0 Å². The number of halogens is 1. The average molecular weight is 509 g/mol. The van der Waals surface area contributed by atoms with Crippen molar-refractivity contribution in [2.45, 2.75) is 98.0 Å². The van der Waals surface area contributed by atoms with Crippen LogP contribution >= 0.6 is 23.0 Å². The van der Waals surface area contributed by atoms with Crippen LogP contribution in [0.15, 0.2) is 23.3 Å². The van der Waals surface area contributed by atoms with E-state index >= 15 is 0 Å². The van der Waals surface area contributed by atoms with Gasteiger partial charge in [0.25, 0.3) is 0 Å². The lowest BCUT2D eigenvalue weighted by Crippen LogP contribution is -2.57. The van der Waals surface area contributed by atoms with Crippen LogP contribution in [-0.4, -0.2) is 6.10 Å². The van der Waals surface area contributed by atoms with Gasteiger partial charge in [0.15, 0.2) is 0 Å². The van der Waals surface area contributed by atoms with E-state index in [0.717, 1.165) is 35.5 Å². The first kappa shape index (κ1) is 21.0. The minimum Gasteiger partial charge on any atom is -0.312 e. The van der Waals surface area contributed by atoms with Crippen LogP contribution in [0.4, 0.5) is 0 Å². The molecule has 0 radical (unpaired) electrons. The van der Waals surface area contributed by atoms with Crippen molar-refractivity contribution in [2.24, 2.45) is 46.3 Å². The Morgan fingerprint density at radius 2 is 2.00 bits per heavy atom. The molecule has 1 nitrogen and oxygen atoms in total. The molecule has 0 N–H and O–H groups in total. The highest BCUT2D eigenvalue weighted by Gasteiger charge is 2.64. The van der Waals surface area contributed by atoms with Crippen molar-refractivity contribution in [1.29, 1.82) is 0 Å². The third-order valence-electron chi connectivity index (χ3n) is 10.2. The largest absolute Gasteiger partial charge is 0.312 e. The molecular formula is C27H41IO. The Hall–Kier alpha value is 0.170. The molecule has 0 aromatic carbocycles. The molecule has 8 unspecified atom stereocenters. The predicted molar refractivity (Wildman–Crippen MR) is 130 cm³/mol. The molecule has 0 aromatic rings. The molecule has 162 valence electrons. The van der Waals surface area contributed by atoms with Gasteiger partial charge in [-0.25, -0.2) is 0 Å². The van der Waals surface area contributed by atoms with E-state index in [1.165, 1.54) is 64.2 Å². The van der Waals surface area contributed by atoms with Crippen LogP contribution in [0.5, 0.6) is 0 Å². The second-order valence-corrected chi connectivity index (χ2v) is 12.6. The van der Waals surface area contributed by atoms with Gasteiger partial charge in [-0.1, -0.05) is 70.3 Å². The topological polar surface area (TPSA) is 9.23 Å². The van der Waals surface area contributed by atoms with Gasteiger partial charge in [-0.05, 0) is 85.9 Å². The third kappa shape index (κ3) is 3.16.